The van der Waals surface area contributed by atoms with Gasteiger partial charge in [-0.25, -0.2) is 4.39 Å². The number of anilines is 1. The van der Waals surface area contributed by atoms with E-state index in [2.05, 4.69) is 5.32 Å². The van der Waals surface area contributed by atoms with Crippen LogP contribution in [0.1, 0.15) is 12.5 Å². The van der Waals surface area contributed by atoms with Crippen molar-refractivity contribution in [1.82, 2.24) is 0 Å². The molecule has 0 fully saturated rings. The molecule has 0 atom stereocenters. The van der Waals surface area contributed by atoms with E-state index in [1.165, 1.54) is 6.07 Å². The monoisotopic (exact) mass is 290 g/mol. The summed E-state index contributed by atoms with van der Waals surface area (Å²) in [7, 11) is 0. The van der Waals surface area contributed by atoms with Gasteiger partial charge in [-0.2, -0.15) is 0 Å². The zero-order valence-electron chi connectivity index (χ0n) is 11.5. The van der Waals surface area contributed by atoms with Gasteiger partial charge in [0.1, 0.15) is 11.6 Å². The van der Waals surface area contributed by atoms with E-state index in [1.807, 2.05) is 31.2 Å². The molecule has 0 bridgehead atoms. The van der Waals surface area contributed by atoms with Crippen LogP contribution in [0.4, 0.5) is 15.8 Å². The summed E-state index contributed by atoms with van der Waals surface area (Å²) in [4.78, 5) is 10.2. The molecule has 0 aliphatic rings. The van der Waals surface area contributed by atoms with Crippen LogP contribution in [0, 0.1) is 15.9 Å². The largest absolute Gasteiger partial charge is 0.494 e. The third kappa shape index (κ3) is 3.68. The van der Waals surface area contributed by atoms with Gasteiger partial charge in [-0.15, -0.1) is 0 Å². The Bertz CT molecular complexity index is 647. The number of non-ortho nitro benzene ring substituents is 1. The van der Waals surface area contributed by atoms with E-state index in [1.54, 1.807) is 0 Å². The second-order valence-corrected chi connectivity index (χ2v) is 4.32. The van der Waals surface area contributed by atoms with Crippen molar-refractivity contribution in [3.05, 3.63) is 64.0 Å². The minimum Gasteiger partial charge on any atom is -0.494 e. The Morgan fingerprint density at radius 2 is 2.05 bits per heavy atom. The van der Waals surface area contributed by atoms with Crippen LogP contribution in [0.5, 0.6) is 5.75 Å². The van der Waals surface area contributed by atoms with E-state index in [0.29, 0.717) is 18.9 Å². The molecule has 0 heterocycles. The smallest absolute Gasteiger partial charge is 0.271 e. The number of nitrogens with zero attached hydrogens (tertiary/aromatic N) is 1. The second kappa shape index (κ2) is 6.69. The predicted molar refractivity (Wildman–Crippen MR) is 78.0 cm³/mol. The van der Waals surface area contributed by atoms with Crippen molar-refractivity contribution in [3.63, 3.8) is 0 Å². The van der Waals surface area contributed by atoms with Gasteiger partial charge < -0.3 is 10.1 Å². The molecule has 0 unspecified atom stereocenters. The molecule has 5 nitrogen and oxygen atoms in total. The normalized spacial score (nSPS) is 10.2. The summed E-state index contributed by atoms with van der Waals surface area (Å²) < 4.78 is 19.1. The summed E-state index contributed by atoms with van der Waals surface area (Å²) in [5.74, 6) is 0.174. The molecule has 2 aromatic rings. The highest BCUT2D eigenvalue weighted by Crippen LogP contribution is 2.24. The molecule has 0 amide bonds. The third-order valence-corrected chi connectivity index (χ3v) is 2.90. The number of rotatable bonds is 6. The van der Waals surface area contributed by atoms with Gasteiger partial charge in [0.05, 0.1) is 17.2 Å². The SMILES string of the molecule is CCOc1ccccc1CNc1cc([N+](=O)[O-])ccc1F. The molecule has 21 heavy (non-hydrogen) atoms. The average molecular weight is 290 g/mol. The van der Waals surface area contributed by atoms with Crippen molar-refractivity contribution in [2.24, 2.45) is 0 Å². The lowest BCUT2D eigenvalue weighted by atomic mass is 10.2. The van der Waals surface area contributed by atoms with Crippen LogP contribution in [0.15, 0.2) is 42.5 Å². The fourth-order valence-corrected chi connectivity index (χ4v) is 1.90. The number of nitro groups is 1. The van der Waals surface area contributed by atoms with Crippen molar-refractivity contribution < 1.29 is 14.1 Å². The predicted octanol–water partition coefficient (Wildman–Crippen LogP) is 3.74. The first kappa shape index (κ1) is 14.8. The molecule has 0 aromatic heterocycles. The van der Waals surface area contributed by atoms with Gasteiger partial charge in [-0.3, -0.25) is 10.1 Å². The third-order valence-electron chi connectivity index (χ3n) is 2.90. The average Bonchev–Trinajstić information content (AvgIpc) is 2.48. The molecule has 0 aliphatic carbocycles. The van der Waals surface area contributed by atoms with Crippen LogP contribution in [0.3, 0.4) is 0 Å². The molecule has 2 rings (SSSR count). The standard InChI is InChI=1S/C15H15FN2O3/c1-2-21-15-6-4-3-5-11(15)10-17-14-9-12(18(19)20)7-8-13(14)16/h3-9,17H,2,10H2,1H3. The van der Waals surface area contributed by atoms with E-state index >= 15 is 0 Å². The number of nitrogens with one attached hydrogen (secondary N) is 1. The van der Waals surface area contributed by atoms with Crippen molar-refractivity contribution in [3.8, 4) is 5.75 Å². The van der Waals surface area contributed by atoms with Crippen molar-refractivity contribution >= 4 is 11.4 Å². The van der Waals surface area contributed by atoms with Crippen molar-refractivity contribution in [2.45, 2.75) is 13.5 Å². The summed E-state index contributed by atoms with van der Waals surface area (Å²) in [6.45, 7) is 2.72. The fourth-order valence-electron chi connectivity index (χ4n) is 1.90. The van der Waals surface area contributed by atoms with Gasteiger partial charge in [0.2, 0.25) is 0 Å². The summed E-state index contributed by atoms with van der Waals surface area (Å²) in [6.07, 6.45) is 0. The molecule has 0 saturated heterocycles. The van der Waals surface area contributed by atoms with E-state index < -0.39 is 10.7 Å². The number of ether oxygens (including phenoxy) is 1. The minimum atomic E-state index is -0.557. The molecular formula is C15H15FN2O3. The summed E-state index contributed by atoms with van der Waals surface area (Å²) in [6, 6.07) is 10.8. The second-order valence-electron chi connectivity index (χ2n) is 4.32. The maximum atomic E-state index is 13.7. The van der Waals surface area contributed by atoms with Crippen LogP contribution in [0.25, 0.3) is 0 Å². The van der Waals surface area contributed by atoms with Gasteiger partial charge >= 0.3 is 0 Å². The van der Waals surface area contributed by atoms with E-state index in [9.17, 15) is 14.5 Å². The number of benzene rings is 2. The Morgan fingerprint density at radius 3 is 2.76 bits per heavy atom. The quantitative estimate of drug-likeness (QED) is 0.650. The topological polar surface area (TPSA) is 64.4 Å². The van der Waals surface area contributed by atoms with Crippen LogP contribution in [-0.4, -0.2) is 11.5 Å². The van der Waals surface area contributed by atoms with Crippen LogP contribution in [-0.2, 0) is 6.54 Å². The van der Waals surface area contributed by atoms with Crippen LogP contribution in [0.2, 0.25) is 0 Å². The minimum absolute atomic E-state index is 0.0931. The first-order valence-electron chi connectivity index (χ1n) is 6.50. The van der Waals surface area contributed by atoms with Crippen molar-refractivity contribution in [2.75, 3.05) is 11.9 Å². The maximum Gasteiger partial charge on any atom is 0.271 e. The molecule has 0 saturated carbocycles. The zero-order chi connectivity index (χ0) is 15.2. The molecular weight excluding hydrogens is 275 g/mol. The highest BCUT2D eigenvalue weighted by Gasteiger charge is 2.11. The lowest BCUT2D eigenvalue weighted by Gasteiger charge is -2.12. The molecule has 0 aliphatic heterocycles. The highest BCUT2D eigenvalue weighted by molar-refractivity contribution is 5.53. The Balaban J connectivity index is 2.16. The first-order chi connectivity index (χ1) is 10.1. The Morgan fingerprint density at radius 1 is 1.29 bits per heavy atom. The first-order valence-corrected chi connectivity index (χ1v) is 6.50. The van der Waals surface area contributed by atoms with Crippen molar-refractivity contribution in [1.29, 1.82) is 0 Å². The highest BCUT2D eigenvalue weighted by atomic mass is 19.1. The molecule has 0 spiro atoms. The van der Waals surface area contributed by atoms with Gasteiger partial charge in [0, 0.05) is 24.2 Å². The number of halogens is 1. The fraction of sp³-hybridized carbons (Fsp3) is 0.200. The van der Waals surface area contributed by atoms with Gasteiger partial charge in [-0.1, -0.05) is 18.2 Å². The van der Waals surface area contributed by atoms with E-state index in [-0.39, 0.29) is 11.4 Å². The molecule has 6 heteroatoms. The Hall–Kier alpha value is -2.63. The summed E-state index contributed by atoms with van der Waals surface area (Å²) in [5, 5.41) is 13.6. The van der Waals surface area contributed by atoms with Crippen LogP contribution >= 0.6 is 0 Å². The van der Waals surface area contributed by atoms with E-state index in [4.69, 9.17) is 4.74 Å². The van der Waals surface area contributed by atoms with E-state index in [0.717, 1.165) is 17.7 Å². The van der Waals surface area contributed by atoms with Gasteiger partial charge in [0.15, 0.2) is 0 Å². The number of hydrogen-bond donors (Lipinski definition) is 1. The zero-order valence-corrected chi connectivity index (χ0v) is 11.5. The number of para-hydroxylation sites is 1. The lowest BCUT2D eigenvalue weighted by Crippen LogP contribution is -2.05. The van der Waals surface area contributed by atoms with Crippen LogP contribution < -0.4 is 10.1 Å². The van der Waals surface area contributed by atoms with Gasteiger partial charge in [-0.05, 0) is 19.1 Å². The molecule has 1 N–H and O–H groups in total. The molecule has 2 aromatic carbocycles. The molecule has 110 valence electrons. The Labute approximate surface area is 121 Å². The Kier molecular flexibility index (Phi) is 4.71. The lowest BCUT2D eigenvalue weighted by molar-refractivity contribution is -0.384. The molecule has 0 radical (unpaired) electrons. The number of nitro benzene ring substituents is 1. The maximum absolute atomic E-state index is 13.7. The van der Waals surface area contributed by atoms with Gasteiger partial charge in [0.25, 0.3) is 5.69 Å². The number of hydrogen-bond acceptors (Lipinski definition) is 4. The summed E-state index contributed by atoms with van der Waals surface area (Å²) >= 11 is 0. The summed E-state index contributed by atoms with van der Waals surface area (Å²) in [5.41, 5.74) is 0.790.